The second-order valence-corrected chi connectivity index (χ2v) is 6.04. The molecule has 3 rings (SSSR count). The Labute approximate surface area is 140 Å². The Balaban J connectivity index is 2.13. The summed E-state index contributed by atoms with van der Waals surface area (Å²) in [5.74, 6) is 5.22. The molecule has 1 heterocycles. The van der Waals surface area contributed by atoms with Gasteiger partial charge in [-0.15, -0.1) is 12.8 Å². The first-order chi connectivity index (χ1) is 11.1. The minimum atomic E-state index is -0.183. The second-order valence-electron chi connectivity index (χ2n) is 5.60. The van der Waals surface area contributed by atoms with Crippen LogP contribution in [0, 0.1) is 24.7 Å². The number of hydrogen-bond donors (Lipinski definition) is 0. The molecule has 2 aromatic rings. The molecule has 1 aliphatic rings. The van der Waals surface area contributed by atoms with Crippen LogP contribution >= 0.6 is 11.6 Å². The lowest BCUT2D eigenvalue weighted by molar-refractivity contribution is 0.0798. The van der Waals surface area contributed by atoms with Gasteiger partial charge in [-0.2, -0.15) is 0 Å². The van der Waals surface area contributed by atoms with Crippen molar-refractivity contribution in [3.8, 4) is 24.7 Å². The van der Waals surface area contributed by atoms with Crippen molar-refractivity contribution in [1.82, 2.24) is 9.88 Å². The number of rotatable bonds is 4. The minimum absolute atomic E-state index is 0.173. The molecule has 1 aliphatic carbocycles. The van der Waals surface area contributed by atoms with Gasteiger partial charge in [0.2, 0.25) is 0 Å². The lowest BCUT2D eigenvalue weighted by Gasteiger charge is -2.19. The smallest absolute Gasteiger partial charge is 0.256 e. The van der Waals surface area contributed by atoms with E-state index in [0.29, 0.717) is 16.5 Å². The van der Waals surface area contributed by atoms with Crippen LogP contribution in [0.2, 0.25) is 5.02 Å². The number of halogens is 1. The van der Waals surface area contributed by atoms with Gasteiger partial charge in [-0.05, 0) is 37.1 Å². The monoisotopic (exact) mass is 322 g/mol. The molecule has 0 spiro atoms. The van der Waals surface area contributed by atoms with Crippen LogP contribution in [0.1, 0.15) is 34.8 Å². The normalized spacial score (nSPS) is 13.3. The lowest BCUT2D eigenvalue weighted by Crippen LogP contribution is -2.32. The van der Waals surface area contributed by atoms with E-state index in [1.54, 1.807) is 12.1 Å². The van der Waals surface area contributed by atoms with Crippen LogP contribution in [0.3, 0.4) is 0 Å². The van der Waals surface area contributed by atoms with Crippen LogP contribution < -0.4 is 0 Å². The van der Waals surface area contributed by atoms with E-state index < -0.39 is 0 Å². The van der Waals surface area contributed by atoms with Crippen molar-refractivity contribution in [3.05, 3.63) is 40.5 Å². The number of terminal acetylenes is 2. The summed E-state index contributed by atoms with van der Waals surface area (Å²) in [5.41, 5.74) is 2.28. The molecule has 114 valence electrons. The Morgan fingerprint density at radius 1 is 1.26 bits per heavy atom. The largest absolute Gasteiger partial charge is 0.316 e. The zero-order chi connectivity index (χ0) is 16.4. The fourth-order valence-electron chi connectivity index (χ4n) is 2.57. The van der Waals surface area contributed by atoms with E-state index in [4.69, 9.17) is 24.4 Å². The summed E-state index contributed by atoms with van der Waals surface area (Å²) in [6.07, 6.45) is 12.9. The van der Waals surface area contributed by atoms with Gasteiger partial charge in [0.25, 0.3) is 5.91 Å². The Morgan fingerprint density at radius 2 is 1.96 bits per heavy atom. The van der Waals surface area contributed by atoms with Gasteiger partial charge in [0.15, 0.2) is 0 Å². The maximum Gasteiger partial charge on any atom is 0.256 e. The Bertz CT molecular complexity index is 840. The molecular weight excluding hydrogens is 308 g/mol. The van der Waals surface area contributed by atoms with E-state index in [-0.39, 0.29) is 19.0 Å². The Hall–Kier alpha value is -2.49. The maximum absolute atomic E-state index is 12.9. The predicted octanol–water partition coefficient (Wildman–Crippen LogP) is 3.47. The van der Waals surface area contributed by atoms with Crippen molar-refractivity contribution in [2.45, 2.75) is 18.8 Å². The summed E-state index contributed by atoms with van der Waals surface area (Å²) in [5, 5.41) is 1.29. The van der Waals surface area contributed by atoms with Gasteiger partial charge in [0, 0.05) is 22.0 Å². The molecule has 0 atom stereocenters. The molecule has 3 nitrogen and oxygen atoms in total. The number of aromatic nitrogens is 1. The highest BCUT2D eigenvalue weighted by atomic mass is 35.5. The molecule has 23 heavy (non-hydrogen) atoms. The van der Waals surface area contributed by atoms with Crippen LogP contribution in [0.15, 0.2) is 24.3 Å². The standard InChI is InChI=1S/C19H15ClN2O/c1-3-9-22(10-4-2)19(23)16-12-18(13-5-6-13)21-17-8-7-14(20)11-15(16)17/h1-2,7-8,11-13H,5-6,9-10H2. The molecule has 1 aromatic heterocycles. The fraction of sp³-hybridized carbons (Fsp3) is 0.263. The van der Waals surface area contributed by atoms with E-state index in [0.717, 1.165) is 29.4 Å². The molecule has 1 aromatic carbocycles. The molecule has 1 fully saturated rings. The van der Waals surface area contributed by atoms with Crippen molar-refractivity contribution in [3.63, 3.8) is 0 Å². The summed E-state index contributed by atoms with van der Waals surface area (Å²) in [7, 11) is 0. The first-order valence-electron chi connectivity index (χ1n) is 7.40. The van der Waals surface area contributed by atoms with E-state index in [9.17, 15) is 4.79 Å². The molecule has 0 saturated heterocycles. The first-order valence-corrected chi connectivity index (χ1v) is 7.78. The number of hydrogen-bond acceptors (Lipinski definition) is 2. The number of carbonyl (C=O) groups is 1. The number of fused-ring (bicyclic) bond motifs is 1. The summed E-state index contributed by atoms with van der Waals surface area (Å²) < 4.78 is 0. The maximum atomic E-state index is 12.9. The SMILES string of the molecule is C#CCN(CC#C)C(=O)c1cc(C2CC2)nc2ccc(Cl)cc12. The fourth-order valence-corrected chi connectivity index (χ4v) is 2.75. The lowest BCUT2D eigenvalue weighted by atomic mass is 10.0. The van der Waals surface area contributed by atoms with Crippen LogP contribution in [0.5, 0.6) is 0 Å². The topological polar surface area (TPSA) is 33.2 Å². The van der Waals surface area contributed by atoms with Gasteiger partial charge in [0.05, 0.1) is 24.2 Å². The molecule has 0 bridgehead atoms. The molecule has 0 N–H and O–H groups in total. The summed E-state index contributed by atoms with van der Waals surface area (Å²) in [6, 6.07) is 7.24. The Kier molecular flexibility index (Phi) is 4.24. The average molecular weight is 323 g/mol. The number of nitrogens with zero attached hydrogens (tertiary/aromatic N) is 2. The third-order valence-electron chi connectivity index (χ3n) is 3.87. The van der Waals surface area contributed by atoms with Gasteiger partial charge in [-0.1, -0.05) is 23.4 Å². The zero-order valence-electron chi connectivity index (χ0n) is 12.6. The number of carbonyl (C=O) groups excluding carboxylic acids is 1. The summed E-state index contributed by atoms with van der Waals surface area (Å²) in [4.78, 5) is 19.1. The third kappa shape index (κ3) is 3.16. The van der Waals surface area contributed by atoms with Gasteiger partial charge in [-0.3, -0.25) is 9.78 Å². The van der Waals surface area contributed by atoms with E-state index >= 15 is 0 Å². The Morgan fingerprint density at radius 3 is 2.57 bits per heavy atom. The number of benzene rings is 1. The average Bonchev–Trinajstić information content (AvgIpc) is 3.38. The van der Waals surface area contributed by atoms with Gasteiger partial charge < -0.3 is 4.90 Å². The van der Waals surface area contributed by atoms with Crippen molar-refractivity contribution in [2.75, 3.05) is 13.1 Å². The van der Waals surface area contributed by atoms with Crippen molar-refractivity contribution in [2.24, 2.45) is 0 Å². The second kappa shape index (κ2) is 6.32. The third-order valence-corrected chi connectivity index (χ3v) is 4.10. The van der Waals surface area contributed by atoms with Gasteiger partial charge >= 0.3 is 0 Å². The first kappa shape index (κ1) is 15.4. The van der Waals surface area contributed by atoms with Crippen LogP contribution in [-0.4, -0.2) is 28.9 Å². The van der Waals surface area contributed by atoms with E-state index in [2.05, 4.69) is 16.8 Å². The van der Waals surface area contributed by atoms with E-state index in [1.807, 2.05) is 12.1 Å². The highest BCUT2D eigenvalue weighted by Crippen LogP contribution is 2.40. The van der Waals surface area contributed by atoms with Gasteiger partial charge in [0.1, 0.15) is 0 Å². The van der Waals surface area contributed by atoms with E-state index in [1.165, 1.54) is 4.90 Å². The molecule has 1 saturated carbocycles. The van der Waals surface area contributed by atoms with Crippen molar-refractivity contribution in [1.29, 1.82) is 0 Å². The van der Waals surface area contributed by atoms with Crippen LogP contribution in [-0.2, 0) is 0 Å². The summed E-state index contributed by atoms with van der Waals surface area (Å²) in [6.45, 7) is 0.346. The van der Waals surface area contributed by atoms with Crippen molar-refractivity contribution >= 4 is 28.4 Å². The van der Waals surface area contributed by atoms with Crippen molar-refractivity contribution < 1.29 is 4.79 Å². The molecule has 1 amide bonds. The zero-order valence-corrected chi connectivity index (χ0v) is 13.3. The predicted molar refractivity (Wildman–Crippen MR) is 92.3 cm³/mol. The quantitative estimate of drug-likeness (QED) is 0.807. The molecule has 0 aliphatic heterocycles. The highest BCUT2D eigenvalue weighted by molar-refractivity contribution is 6.31. The summed E-state index contributed by atoms with van der Waals surface area (Å²) >= 11 is 6.09. The molecular formula is C19H15ClN2O. The highest BCUT2D eigenvalue weighted by Gasteiger charge is 2.27. The molecule has 0 radical (unpaired) electrons. The van der Waals surface area contributed by atoms with Crippen LogP contribution in [0.4, 0.5) is 0 Å². The molecule has 4 heteroatoms. The molecule has 0 unspecified atom stereocenters. The van der Waals surface area contributed by atoms with Crippen LogP contribution in [0.25, 0.3) is 10.9 Å². The number of amides is 1. The number of pyridine rings is 1. The van der Waals surface area contributed by atoms with Gasteiger partial charge in [-0.25, -0.2) is 0 Å². The minimum Gasteiger partial charge on any atom is -0.316 e.